The molecule has 0 aliphatic carbocycles. The lowest BCUT2D eigenvalue weighted by Gasteiger charge is -2.14. The normalized spacial score (nSPS) is 11.3. The summed E-state index contributed by atoms with van der Waals surface area (Å²) < 4.78 is 0. The molecule has 0 saturated heterocycles. The van der Waals surface area contributed by atoms with Crippen LogP contribution in [-0.4, -0.2) is 10.2 Å². The van der Waals surface area contributed by atoms with Crippen molar-refractivity contribution in [2.75, 3.05) is 0 Å². The second-order valence-electron chi connectivity index (χ2n) is 5.08. The Morgan fingerprint density at radius 3 is 1.45 bits per heavy atom. The maximum atomic E-state index is 10.7. The van der Waals surface area contributed by atoms with E-state index in [9.17, 15) is 10.2 Å². The topological polar surface area (TPSA) is 40.5 Å². The summed E-state index contributed by atoms with van der Waals surface area (Å²) in [4.78, 5) is 0. The first kappa shape index (κ1) is 12.8. The number of fused-ring (bicyclic) bond motifs is 2. The van der Waals surface area contributed by atoms with Gasteiger partial charge in [-0.3, -0.25) is 0 Å². The standard InChI is InChI=1S/C18H18O2/c1-3-11-7-5-9-13-15(11)17(19)14-10-6-8-12(4-2)16(14)18(13)20/h5-10,19-20H,3-4H2,1-2H3. The summed E-state index contributed by atoms with van der Waals surface area (Å²) in [6.07, 6.45) is 1.65. The number of hydrogen-bond donors (Lipinski definition) is 2. The molecule has 3 aromatic carbocycles. The molecule has 0 amide bonds. The summed E-state index contributed by atoms with van der Waals surface area (Å²) >= 11 is 0. The van der Waals surface area contributed by atoms with Crippen LogP contribution in [0.25, 0.3) is 21.5 Å². The predicted octanol–water partition coefficient (Wildman–Crippen LogP) is 4.53. The number of benzene rings is 3. The molecule has 0 aromatic heterocycles. The van der Waals surface area contributed by atoms with Crippen LogP contribution in [0.2, 0.25) is 0 Å². The first-order valence-electron chi connectivity index (χ1n) is 7.06. The molecule has 2 N–H and O–H groups in total. The molecule has 0 heterocycles. The molecule has 0 saturated carbocycles. The van der Waals surface area contributed by atoms with E-state index in [4.69, 9.17) is 0 Å². The molecule has 3 rings (SSSR count). The average Bonchev–Trinajstić information content (AvgIpc) is 2.50. The first-order chi connectivity index (χ1) is 9.69. The van der Waals surface area contributed by atoms with Crippen LogP contribution < -0.4 is 0 Å². The number of aromatic hydroxyl groups is 2. The van der Waals surface area contributed by atoms with Crippen molar-refractivity contribution in [3.05, 3.63) is 47.5 Å². The molecular formula is C18H18O2. The van der Waals surface area contributed by atoms with Crippen LogP contribution in [0.1, 0.15) is 25.0 Å². The van der Waals surface area contributed by atoms with Crippen LogP contribution in [0.3, 0.4) is 0 Å². The van der Waals surface area contributed by atoms with Gasteiger partial charge < -0.3 is 10.2 Å². The van der Waals surface area contributed by atoms with Crippen molar-refractivity contribution < 1.29 is 10.2 Å². The van der Waals surface area contributed by atoms with E-state index in [-0.39, 0.29) is 11.5 Å². The number of rotatable bonds is 2. The fourth-order valence-corrected chi connectivity index (χ4v) is 3.01. The van der Waals surface area contributed by atoms with Crippen molar-refractivity contribution in [2.24, 2.45) is 0 Å². The highest BCUT2D eigenvalue weighted by Crippen LogP contribution is 2.44. The monoisotopic (exact) mass is 266 g/mol. The third-order valence-electron chi connectivity index (χ3n) is 4.05. The second-order valence-corrected chi connectivity index (χ2v) is 5.08. The van der Waals surface area contributed by atoms with E-state index in [1.54, 1.807) is 0 Å². The Balaban J connectivity index is 2.61. The van der Waals surface area contributed by atoms with Crippen molar-refractivity contribution in [1.82, 2.24) is 0 Å². The maximum absolute atomic E-state index is 10.7. The molecule has 0 spiro atoms. The molecule has 0 aliphatic rings. The third kappa shape index (κ3) is 1.64. The van der Waals surface area contributed by atoms with Gasteiger partial charge >= 0.3 is 0 Å². The van der Waals surface area contributed by atoms with E-state index in [1.165, 1.54) is 0 Å². The molecule has 20 heavy (non-hydrogen) atoms. The Morgan fingerprint density at radius 1 is 0.700 bits per heavy atom. The van der Waals surface area contributed by atoms with Gasteiger partial charge in [-0.05, 0) is 24.0 Å². The van der Waals surface area contributed by atoms with Crippen molar-refractivity contribution in [2.45, 2.75) is 26.7 Å². The van der Waals surface area contributed by atoms with E-state index in [1.807, 2.05) is 36.4 Å². The predicted molar refractivity (Wildman–Crippen MR) is 83.5 cm³/mol. The van der Waals surface area contributed by atoms with Gasteiger partial charge in [-0.2, -0.15) is 0 Å². The second kappa shape index (κ2) is 4.71. The minimum Gasteiger partial charge on any atom is -0.507 e. The van der Waals surface area contributed by atoms with Crippen LogP contribution >= 0.6 is 0 Å². The molecule has 0 aliphatic heterocycles. The van der Waals surface area contributed by atoms with Crippen LogP contribution in [0.15, 0.2) is 36.4 Å². The number of phenols is 2. The van der Waals surface area contributed by atoms with E-state index >= 15 is 0 Å². The minimum atomic E-state index is 0.278. The molecule has 0 radical (unpaired) electrons. The fourth-order valence-electron chi connectivity index (χ4n) is 3.01. The summed E-state index contributed by atoms with van der Waals surface area (Å²) in [5.74, 6) is 0.557. The summed E-state index contributed by atoms with van der Waals surface area (Å²) in [6.45, 7) is 4.11. The molecule has 0 fully saturated rings. The van der Waals surface area contributed by atoms with Gasteiger partial charge in [-0.1, -0.05) is 50.2 Å². The molecule has 0 atom stereocenters. The summed E-state index contributed by atoms with van der Waals surface area (Å²) in [5, 5.41) is 24.3. The van der Waals surface area contributed by atoms with Crippen molar-refractivity contribution >= 4 is 21.5 Å². The quantitative estimate of drug-likeness (QED) is 0.528. The maximum Gasteiger partial charge on any atom is 0.131 e. The molecule has 0 bridgehead atoms. The Hall–Kier alpha value is -2.22. The Morgan fingerprint density at radius 2 is 1.10 bits per heavy atom. The number of phenolic OH excluding ortho intramolecular Hbond substituents is 2. The zero-order chi connectivity index (χ0) is 14.3. The molecule has 102 valence electrons. The zero-order valence-electron chi connectivity index (χ0n) is 11.8. The Bertz CT molecular complexity index is 734. The van der Waals surface area contributed by atoms with Crippen LogP contribution in [0, 0.1) is 0 Å². The number of aryl methyl sites for hydroxylation is 2. The smallest absolute Gasteiger partial charge is 0.131 e. The fraction of sp³-hybridized carbons (Fsp3) is 0.222. The lowest BCUT2D eigenvalue weighted by molar-refractivity contribution is 0.478. The lowest BCUT2D eigenvalue weighted by atomic mass is 9.93. The van der Waals surface area contributed by atoms with Crippen molar-refractivity contribution in [3.8, 4) is 11.5 Å². The van der Waals surface area contributed by atoms with Gasteiger partial charge in [0, 0.05) is 21.5 Å². The van der Waals surface area contributed by atoms with E-state index in [2.05, 4.69) is 13.8 Å². The van der Waals surface area contributed by atoms with Gasteiger partial charge in [0.05, 0.1) is 0 Å². The molecular weight excluding hydrogens is 248 g/mol. The Kier molecular flexibility index (Phi) is 3.01. The van der Waals surface area contributed by atoms with E-state index < -0.39 is 0 Å². The van der Waals surface area contributed by atoms with E-state index in [0.29, 0.717) is 0 Å². The third-order valence-corrected chi connectivity index (χ3v) is 4.05. The lowest BCUT2D eigenvalue weighted by Crippen LogP contribution is -1.90. The summed E-state index contributed by atoms with van der Waals surface area (Å²) in [7, 11) is 0. The molecule has 2 heteroatoms. The highest BCUT2D eigenvalue weighted by atomic mass is 16.3. The van der Waals surface area contributed by atoms with Gasteiger partial charge in [0.25, 0.3) is 0 Å². The van der Waals surface area contributed by atoms with Gasteiger partial charge in [-0.15, -0.1) is 0 Å². The summed E-state index contributed by atoms with van der Waals surface area (Å²) in [5.41, 5.74) is 2.11. The number of hydrogen-bond acceptors (Lipinski definition) is 2. The highest BCUT2D eigenvalue weighted by molar-refractivity contribution is 6.12. The zero-order valence-corrected chi connectivity index (χ0v) is 11.8. The average molecular weight is 266 g/mol. The van der Waals surface area contributed by atoms with Gasteiger partial charge in [-0.25, -0.2) is 0 Å². The van der Waals surface area contributed by atoms with Crippen LogP contribution in [0.5, 0.6) is 11.5 Å². The van der Waals surface area contributed by atoms with Gasteiger partial charge in [0.2, 0.25) is 0 Å². The highest BCUT2D eigenvalue weighted by Gasteiger charge is 2.16. The van der Waals surface area contributed by atoms with Crippen molar-refractivity contribution in [1.29, 1.82) is 0 Å². The summed E-state index contributed by atoms with van der Waals surface area (Å²) in [6, 6.07) is 11.6. The Labute approximate surface area is 118 Å². The van der Waals surface area contributed by atoms with Crippen LogP contribution in [0.4, 0.5) is 0 Å². The first-order valence-corrected chi connectivity index (χ1v) is 7.06. The molecule has 0 unspecified atom stereocenters. The van der Waals surface area contributed by atoms with Gasteiger partial charge in [0.15, 0.2) is 0 Å². The van der Waals surface area contributed by atoms with E-state index in [0.717, 1.165) is 45.5 Å². The van der Waals surface area contributed by atoms with Crippen molar-refractivity contribution in [3.63, 3.8) is 0 Å². The molecule has 3 aromatic rings. The van der Waals surface area contributed by atoms with Crippen LogP contribution in [-0.2, 0) is 12.8 Å². The SMILES string of the molecule is CCc1cccc2c(O)c3c(CC)cccc3c(O)c12. The van der Waals surface area contributed by atoms with Gasteiger partial charge in [0.1, 0.15) is 11.5 Å². The molecule has 2 nitrogen and oxygen atoms in total. The minimum absolute atomic E-state index is 0.278. The largest absolute Gasteiger partial charge is 0.507 e.